The minimum absolute atomic E-state index is 0.138. The molecule has 0 atom stereocenters. The highest BCUT2D eigenvalue weighted by Gasteiger charge is 2.24. The molecule has 19 heavy (non-hydrogen) atoms. The van der Waals surface area contributed by atoms with Crippen molar-refractivity contribution in [2.45, 2.75) is 27.3 Å². The van der Waals surface area contributed by atoms with Gasteiger partial charge >= 0.3 is 0 Å². The molecule has 3 heteroatoms. The zero-order valence-electron chi connectivity index (χ0n) is 12.3. The van der Waals surface area contributed by atoms with Crippen LogP contribution in [-0.4, -0.2) is 24.5 Å². The smallest absolute Gasteiger partial charge is 0.227 e. The summed E-state index contributed by atoms with van der Waals surface area (Å²) in [4.78, 5) is 13.8. The largest absolute Gasteiger partial charge is 0.490 e. The minimum Gasteiger partial charge on any atom is -0.490 e. The first-order chi connectivity index (χ1) is 8.84. The third-order valence-electron chi connectivity index (χ3n) is 2.70. The molecular weight excluding hydrogens is 238 g/mol. The van der Waals surface area contributed by atoms with Gasteiger partial charge in [-0.2, -0.15) is 0 Å². The second-order valence-electron chi connectivity index (χ2n) is 5.65. The lowest BCUT2D eigenvalue weighted by Gasteiger charge is -2.26. The van der Waals surface area contributed by atoms with Crippen LogP contribution in [-0.2, 0) is 11.3 Å². The number of nitrogens with zero attached hydrogens (tertiary/aromatic N) is 1. The van der Waals surface area contributed by atoms with Crippen molar-refractivity contribution in [3.05, 3.63) is 42.5 Å². The summed E-state index contributed by atoms with van der Waals surface area (Å²) in [6, 6.07) is 7.78. The van der Waals surface area contributed by atoms with Gasteiger partial charge in [-0.1, -0.05) is 45.6 Å². The van der Waals surface area contributed by atoms with Gasteiger partial charge in [0.2, 0.25) is 5.91 Å². The molecule has 1 amide bonds. The van der Waals surface area contributed by atoms with E-state index in [-0.39, 0.29) is 11.3 Å². The van der Waals surface area contributed by atoms with E-state index in [9.17, 15) is 4.79 Å². The molecule has 1 aromatic rings. The maximum atomic E-state index is 12.1. The molecule has 0 bridgehead atoms. The van der Waals surface area contributed by atoms with Crippen LogP contribution < -0.4 is 4.74 Å². The summed E-state index contributed by atoms with van der Waals surface area (Å²) in [6.45, 7) is 10.5. The molecule has 0 fully saturated rings. The number of hydrogen-bond acceptors (Lipinski definition) is 2. The summed E-state index contributed by atoms with van der Waals surface area (Å²) >= 11 is 0. The van der Waals surface area contributed by atoms with Crippen molar-refractivity contribution in [3.63, 3.8) is 0 Å². The molecule has 0 N–H and O–H groups in total. The zero-order valence-corrected chi connectivity index (χ0v) is 12.3. The number of carbonyl (C=O) groups excluding carboxylic acids is 1. The Balaban J connectivity index is 2.62. The normalized spacial score (nSPS) is 10.9. The average molecular weight is 261 g/mol. The van der Waals surface area contributed by atoms with Crippen LogP contribution in [0.3, 0.4) is 0 Å². The SMILES string of the molecule is C=CCOc1ccc(CN(C)C(=O)C(C)(C)C)cc1. The molecule has 1 aromatic carbocycles. The Bertz CT molecular complexity index is 429. The van der Waals surface area contributed by atoms with Crippen molar-refractivity contribution in [2.75, 3.05) is 13.7 Å². The minimum atomic E-state index is -0.345. The quantitative estimate of drug-likeness (QED) is 0.761. The number of carbonyl (C=O) groups is 1. The molecule has 0 aliphatic rings. The van der Waals surface area contributed by atoms with Gasteiger partial charge in [-0.15, -0.1) is 0 Å². The molecule has 0 aromatic heterocycles. The molecule has 0 aliphatic carbocycles. The molecule has 0 spiro atoms. The molecule has 104 valence electrons. The molecule has 0 unspecified atom stereocenters. The molecule has 0 saturated heterocycles. The monoisotopic (exact) mass is 261 g/mol. The number of rotatable bonds is 5. The van der Waals surface area contributed by atoms with Crippen LogP contribution in [0.5, 0.6) is 5.75 Å². The van der Waals surface area contributed by atoms with E-state index in [0.717, 1.165) is 11.3 Å². The van der Waals surface area contributed by atoms with Crippen molar-refractivity contribution >= 4 is 5.91 Å². The van der Waals surface area contributed by atoms with Crippen LogP contribution in [0.15, 0.2) is 36.9 Å². The van der Waals surface area contributed by atoms with Crippen molar-refractivity contribution in [3.8, 4) is 5.75 Å². The van der Waals surface area contributed by atoms with Gasteiger partial charge < -0.3 is 9.64 Å². The first kappa shape index (κ1) is 15.3. The highest BCUT2D eigenvalue weighted by molar-refractivity contribution is 5.81. The van der Waals surface area contributed by atoms with Gasteiger partial charge in [0.1, 0.15) is 12.4 Å². The lowest BCUT2D eigenvalue weighted by molar-refractivity contribution is -0.138. The Hall–Kier alpha value is -1.77. The average Bonchev–Trinajstić information content (AvgIpc) is 2.36. The van der Waals surface area contributed by atoms with Gasteiger partial charge in [0, 0.05) is 19.0 Å². The van der Waals surface area contributed by atoms with Gasteiger partial charge in [-0.05, 0) is 17.7 Å². The third-order valence-corrected chi connectivity index (χ3v) is 2.70. The van der Waals surface area contributed by atoms with E-state index < -0.39 is 0 Å². The Labute approximate surface area is 115 Å². The van der Waals surface area contributed by atoms with Gasteiger partial charge in [0.15, 0.2) is 0 Å². The standard InChI is InChI=1S/C16H23NO2/c1-6-11-19-14-9-7-13(8-10-14)12-17(5)15(18)16(2,3)4/h6-10H,1,11-12H2,2-5H3. The summed E-state index contributed by atoms with van der Waals surface area (Å²) in [6.07, 6.45) is 1.71. The van der Waals surface area contributed by atoms with Gasteiger partial charge in [-0.25, -0.2) is 0 Å². The van der Waals surface area contributed by atoms with Crippen LogP contribution in [0.4, 0.5) is 0 Å². The first-order valence-electron chi connectivity index (χ1n) is 6.43. The zero-order chi connectivity index (χ0) is 14.5. The van der Waals surface area contributed by atoms with Gasteiger partial charge in [-0.3, -0.25) is 4.79 Å². The summed E-state index contributed by atoms with van der Waals surface area (Å²) in [7, 11) is 1.83. The first-order valence-corrected chi connectivity index (χ1v) is 6.43. The van der Waals surface area contributed by atoms with Crippen LogP contribution in [0, 0.1) is 5.41 Å². The van der Waals surface area contributed by atoms with Crippen molar-refractivity contribution < 1.29 is 9.53 Å². The molecule has 1 rings (SSSR count). The van der Waals surface area contributed by atoms with E-state index in [0.29, 0.717) is 13.2 Å². The van der Waals surface area contributed by atoms with Crippen molar-refractivity contribution in [1.82, 2.24) is 4.90 Å². The predicted molar refractivity (Wildman–Crippen MR) is 78.1 cm³/mol. The summed E-state index contributed by atoms with van der Waals surface area (Å²) < 4.78 is 5.42. The van der Waals surface area contributed by atoms with Crippen LogP contribution in [0.1, 0.15) is 26.3 Å². The Morgan fingerprint density at radius 1 is 1.32 bits per heavy atom. The third kappa shape index (κ3) is 4.78. The fourth-order valence-electron chi connectivity index (χ4n) is 1.76. The topological polar surface area (TPSA) is 29.5 Å². The number of benzene rings is 1. The van der Waals surface area contributed by atoms with Gasteiger partial charge in [0.05, 0.1) is 0 Å². The molecule has 0 radical (unpaired) electrons. The van der Waals surface area contributed by atoms with E-state index in [1.807, 2.05) is 52.1 Å². The van der Waals surface area contributed by atoms with E-state index in [1.165, 1.54) is 0 Å². The number of amides is 1. The van der Waals surface area contributed by atoms with E-state index in [2.05, 4.69) is 6.58 Å². The van der Waals surface area contributed by atoms with Crippen LogP contribution in [0.2, 0.25) is 0 Å². The van der Waals surface area contributed by atoms with Crippen molar-refractivity contribution in [2.24, 2.45) is 5.41 Å². The maximum absolute atomic E-state index is 12.1. The lowest BCUT2D eigenvalue weighted by atomic mass is 9.95. The number of ether oxygens (including phenoxy) is 1. The predicted octanol–water partition coefficient (Wildman–Crippen LogP) is 3.26. The van der Waals surface area contributed by atoms with E-state index in [4.69, 9.17) is 4.74 Å². The maximum Gasteiger partial charge on any atom is 0.227 e. The summed E-state index contributed by atoms with van der Waals surface area (Å²) in [5, 5.41) is 0. The van der Waals surface area contributed by atoms with Gasteiger partial charge in [0.25, 0.3) is 0 Å². The highest BCUT2D eigenvalue weighted by Crippen LogP contribution is 2.19. The van der Waals surface area contributed by atoms with Crippen molar-refractivity contribution in [1.29, 1.82) is 0 Å². The van der Waals surface area contributed by atoms with Crippen LogP contribution in [0.25, 0.3) is 0 Å². The Morgan fingerprint density at radius 2 is 1.89 bits per heavy atom. The Kier molecular flexibility index (Phi) is 5.16. The molecular formula is C16H23NO2. The number of hydrogen-bond donors (Lipinski definition) is 0. The molecule has 0 saturated carbocycles. The summed E-state index contributed by atoms with van der Waals surface area (Å²) in [5.41, 5.74) is 0.743. The summed E-state index contributed by atoms with van der Waals surface area (Å²) in [5.74, 6) is 0.952. The molecule has 3 nitrogen and oxygen atoms in total. The Morgan fingerprint density at radius 3 is 2.37 bits per heavy atom. The second-order valence-corrected chi connectivity index (χ2v) is 5.65. The van der Waals surface area contributed by atoms with Crippen LogP contribution >= 0.6 is 0 Å². The highest BCUT2D eigenvalue weighted by atomic mass is 16.5. The molecule has 0 aliphatic heterocycles. The second kappa shape index (κ2) is 6.41. The van der Waals surface area contributed by atoms with E-state index in [1.54, 1.807) is 11.0 Å². The fraction of sp³-hybridized carbons (Fsp3) is 0.438. The molecule has 0 heterocycles. The fourth-order valence-corrected chi connectivity index (χ4v) is 1.76. The lowest BCUT2D eigenvalue weighted by Crippen LogP contribution is -2.36. The van der Waals surface area contributed by atoms with E-state index >= 15 is 0 Å².